The first-order chi connectivity index (χ1) is 8.77. The number of benzene rings is 1. The summed E-state index contributed by atoms with van der Waals surface area (Å²) in [7, 11) is 0. The molecule has 3 N–H and O–H groups in total. The fraction of sp³-hybridized carbons (Fsp3) is 0.500. The van der Waals surface area contributed by atoms with Crippen LogP contribution in [0.3, 0.4) is 0 Å². The second-order valence-electron chi connectivity index (χ2n) is 4.25. The van der Waals surface area contributed by atoms with Crippen molar-refractivity contribution in [3.63, 3.8) is 0 Å². The van der Waals surface area contributed by atoms with E-state index in [1.807, 2.05) is 25.1 Å². The summed E-state index contributed by atoms with van der Waals surface area (Å²) < 4.78 is 5.56. The Bertz CT molecular complexity index is 341. The Morgan fingerprint density at radius 3 is 2.72 bits per heavy atom. The van der Waals surface area contributed by atoms with Crippen LogP contribution in [0.4, 0.5) is 0 Å². The first-order valence-electron chi connectivity index (χ1n) is 6.44. The van der Waals surface area contributed by atoms with E-state index in [-0.39, 0.29) is 5.91 Å². The average Bonchev–Trinajstić information content (AvgIpc) is 2.42. The number of nitrogens with two attached hydrogens (primary N) is 1. The summed E-state index contributed by atoms with van der Waals surface area (Å²) in [5, 5.41) is 0. The number of rotatable bonds is 8. The number of hydrogen-bond acceptors (Lipinski definition) is 3. The van der Waals surface area contributed by atoms with Gasteiger partial charge in [-0.1, -0.05) is 43.7 Å². The Morgan fingerprint density at radius 2 is 2.11 bits per heavy atom. The van der Waals surface area contributed by atoms with Gasteiger partial charge in [-0.05, 0) is 24.8 Å². The van der Waals surface area contributed by atoms with Crippen LogP contribution < -0.4 is 11.3 Å². The van der Waals surface area contributed by atoms with Gasteiger partial charge in [-0.25, -0.2) is 5.84 Å². The summed E-state index contributed by atoms with van der Waals surface area (Å²) in [6.45, 7) is 2.59. The van der Waals surface area contributed by atoms with Crippen molar-refractivity contribution in [2.45, 2.75) is 38.7 Å². The van der Waals surface area contributed by atoms with E-state index in [9.17, 15) is 4.79 Å². The van der Waals surface area contributed by atoms with Crippen LogP contribution in [0, 0.1) is 0 Å². The number of aryl methyl sites for hydroxylation is 1. The van der Waals surface area contributed by atoms with E-state index in [1.165, 1.54) is 5.56 Å². The van der Waals surface area contributed by atoms with Crippen molar-refractivity contribution in [3.05, 3.63) is 35.9 Å². The number of hydrogen-bond donors (Lipinski definition) is 2. The molecule has 0 fully saturated rings. The minimum Gasteiger partial charge on any atom is -0.368 e. The molecule has 0 aliphatic heterocycles. The highest BCUT2D eigenvalue weighted by molar-refractivity contribution is 5.80. The maximum Gasteiger partial charge on any atom is 0.262 e. The van der Waals surface area contributed by atoms with Gasteiger partial charge in [0.15, 0.2) is 0 Å². The van der Waals surface area contributed by atoms with Crippen LogP contribution >= 0.6 is 0 Å². The van der Waals surface area contributed by atoms with E-state index < -0.39 is 6.10 Å². The summed E-state index contributed by atoms with van der Waals surface area (Å²) in [4.78, 5) is 11.4. The van der Waals surface area contributed by atoms with Gasteiger partial charge in [-0.15, -0.1) is 0 Å². The SMILES string of the molecule is CCCC(OCCCc1ccccc1)C(=O)NN. The van der Waals surface area contributed by atoms with E-state index in [0.717, 1.165) is 19.3 Å². The largest absolute Gasteiger partial charge is 0.368 e. The molecule has 0 aliphatic carbocycles. The second-order valence-corrected chi connectivity index (χ2v) is 4.25. The lowest BCUT2D eigenvalue weighted by molar-refractivity contribution is -0.133. The molecule has 1 aromatic carbocycles. The number of amides is 1. The van der Waals surface area contributed by atoms with Gasteiger partial charge in [0.05, 0.1) is 0 Å². The monoisotopic (exact) mass is 250 g/mol. The topological polar surface area (TPSA) is 64.3 Å². The zero-order valence-electron chi connectivity index (χ0n) is 10.9. The molecular formula is C14H22N2O2. The molecule has 0 spiro atoms. The number of carbonyl (C=O) groups is 1. The van der Waals surface area contributed by atoms with Crippen LogP contribution in [-0.2, 0) is 16.0 Å². The first-order valence-corrected chi connectivity index (χ1v) is 6.44. The maximum atomic E-state index is 11.4. The Kier molecular flexibility index (Phi) is 7.06. The summed E-state index contributed by atoms with van der Waals surface area (Å²) in [5.41, 5.74) is 3.43. The van der Waals surface area contributed by atoms with Crippen LogP contribution in [0.2, 0.25) is 0 Å². The highest BCUT2D eigenvalue weighted by atomic mass is 16.5. The second kappa shape index (κ2) is 8.66. The number of hydrazine groups is 1. The van der Waals surface area contributed by atoms with Gasteiger partial charge in [0.1, 0.15) is 6.10 Å². The van der Waals surface area contributed by atoms with Crippen LogP contribution in [0.5, 0.6) is 0 Å². The Balaban J connectivity index is 2.24. The highest BCUT2D eigenvalue weighted by Gasteiger charge is 2.16. The molecule has 1 amide bonds. The molecular weight excluding hydrogens is 228 g/mol. The predicted molar refractivity (Wildman–Crippen MR) is 71.7 cm³/mol. The maximum absolute atomic E-state index is 11.4. The Morgan fingerprint density at radius 1 is 1.39 bits per heavy atom. The summed E-state index contributed by atoms with van der Waals surface area (Å²) in [5.74, 6) is 4.88. The standard InChI is InChI=1S/C14H22N2O2/c1-2-7-13(14(17)16-15)18-11-6-10-12-8-4-3-5-9-12/h3-5,8-9,13H,2,6-7,10-11,15H2,1H3,(H,16,17). The Labute approximate surface area is 108 Å². The van der Waals surface area contributed by atoms with E-state index >= 15 is 0 Å². The van der Waals surface area contributed by atoms with E-state index in [1.54, 1.807) is 0 Å². The van der Waals surface area contributed by atoms with Crippen molar-refractivity contribution in [2.75, 3.05) is 6.61 Å². The number of ether oxygens (including phenoxy) is 1. The fourth-order valence-corrected chi connectivity index (χ4v) is 1.79. The van der Waals surface area contributed by atoms with Crippen LogP contribution in [-0.4, -0.2) is 18.6 Å². The molecule has 0 heterocycles. The Hall–Kier alpha value is -1.39. The lowest BCUT2D eigenvalue weighted by Gasteiger charge is -2.15. The van der Waals surface area contributed by atoms with Crippen molar-refractivity contribution in [1.29, 1.82) is 0 Å². The fourth-order valence-electron chi connectivity index (χ4n) is 1.79. The van der Waals surface area contributed by atoms with Crippen molar-refractivity contribution >= 4 is 5.91 Å². The molecule has 0 radical (unpaired) electrons. The minimum atomic E-state index is -0.421. The van der Waals surface area contributed by atoms with Gasteiger partial charge < -0.3 is 4.74 Å². The lowest BCUT2D eigenvalue weighted by Crippen LogP contribution is -2.40. The molecule has 4 heteroatoms. The average molecular weight is 250 g/mol. The lowest BCUT2D eigenvalue weighted by atomic mass is 10.1. The van der Waals surface area contributed by atoms with Crippen molar-refractivity contribution < 1.29 is 9.53 Å². The van der Waals surface area contributed by atoms with E-state index in [4.69, 9.17) is 10.6 Å². The first kappa shape index (κ1) is 14.7. The van der Waals surface area contributed by atoms with Gasteiger partial charge in [0.2, 0.25) is 0 Å². The molecule has 1 aromatic rings. The molecule has 100 valence electrons. The van der Waals surface area contributed by atoms with Gasteiger partial charge in [-0.2, -0.15) is 0 Å². The molecule has 0 saturated carbocycles. The van der Waals surface area contributed by atoms with Gasteiger partial charge in [0, 0.05) is 6.61 Å². The van der Waals surface area contributed by atoms with E-state index in [2.05, 4.69) is 17.6 Å². The van der Waals surface area contributed by atoms with Crippen molar-refractivity contribution in [1.82, 2.24) is 5.43 Å². The molecule has 0 aromatic heterocycles. The summed E-state index contributed by atoms with van der Waals surface area (Å²) in [6.07, 6.45) is 3.05. The highest BCUT2D eigenvalue weighted by Crippen LogP contribution is 2.06. The third kappa shape index (κ3) is 5.29. The molecule has 0 aliphatic rings. The van der Waals surface area contributed by atoms with Gasteiger partial charge in [-0.3, -0.25) is 10.2 Å². The molecule has 1 unspecified atom stereocenters. The quantitative estimate of drug-likeness (QED) is 0.320. The van der Waals surface area contributed by atoms with Gasteiger partial charge in [0.25, 0.3) is 5.91 Å². The molecule has 4 nitrogen and oxygen atoms in total. The zero-order chi connectivity index (χ0) is 13.2. The third-order valence-corrected chi connectivity index (χ3v) is 2.76. The predicted octanol–water partition coefficient (Wildman–Crippen LogP) is 1.79. The normalized spacial score (nSPS) is 12.1. The van der Waals surface area contributed by atoms with E-state index in [0.29, 0.717) is 13.0 Å². The van der Waals surface area contributed by atoms with Crippen LogP contribution in [0.1, 0.15) is 31.7 Å². The zero-order valence-corrected chi connectivity index (χ0v) is 10.9. The molecule has 1 atom stereocenters. The molecule has 0 bridgehead atoms. The number of nitrogens with one attached hydrogen (secondary N) is 1. The number of carbonyl (C=O) groups excluding carboxylic acids is 1. The summed E-state index contributed by atoms with van der Waals surface area (Å²) >= 11 is 0. The van der Waals surface area contributed by atoms with Crippen LogP contribution in [0.25, 0.3) is 0 Å². The minimum absolute atomic E-state index is 0.239. The third-order valence-electron chi connectivity index (χ3n) is 2.76. The van der Waals surface area contributed by atoms with Crippen molar-refractivity contribution in [3.8, 4) is 0 Å². The van der Waals surface area contributed by atoms with Gasteiger partial charge >= 0.3 is 0 Å². The van der Waals surface area contributed by atoms with Crippen LogP contribution in [0.15, 0.2) is 30.3 Å². The molecule has 0 saturated heterocycles. The smallest absolute Gasteiger partial charge is 0.262 e. The van der Waals surface area contributed by atoms with Crippen molar-refractivity contribution in [2.24, 2.45) is 5.84 Å². The molecule has 1 rings (SSSR count). The summed E-state index contributed by atoms with van der Waals surface area (Å²) in [6, 6.07) is 10.2. The molecule has 18 heavy (non-hydrogen) atoms.